The number of rotatable bonds is 9. The molecule has 2 aromatic carbocycles. The zero-order valence-corrected chi connectivity index (χ0v) is 19.3. The number of aryl methyl sites for hydroxylation is 1. The second-order valence-electron chi connectivity index (χ2n) is 7.89. The van der Waals surface area contributed by atoms with Crippen LogP contribution in [0.4, 0.5) is 0 Å². The highest BCUT2D eigenvalue weighted by Crippen LogP contribution is 2.40. The topological polar surface area (TPSA) is 70.1 Å². The standard InChI is InChI=1S/C26H32N2O4/c1-5-27(6-2)15-16-28-23(20-9-8-10-21(17-20)32-7-3)22(25(30)26(28)31)24(29)19-13-11-18(4)12-14-19/h8-14,17,23,29H,5-7,15-16H2,1-4H3/b24-22+. The van der Waals surface area contributed by atoms with Gasteiger partial charge in [-0.25, -0.2) is 0 Å². The van der Waals surface area contributed by atoms with Gasteiger partial charge in [0.05, 0.1) is 18.2 Å². The van der Waals surface area contributed by atoms with Crippen molar-refractivity contribution in [3.63, 3.8) is 0 Å². The summed E-state index contributed by atoms with van der Waals surface area (Å²) in [4.78, 5) is 30.0. The monoisotopic (exact) mass is 436 g/mol. The van der Waals surface area contributed by atoms with Gasteiger partial charge in [0.2, 0.25) is 0 Å². The highest BCUT2D eigenvalue weighted by molar-refractivity contribution is 6.46. The van der Waals surface area contributed by atoms with Crippen LogP contribution >= 0.6 is 0 Å². The quantitative estimate of drug-likeness (QED) is 0.363. The van der Waals surface area contributed by atoms with Crippen molar-refractivity contribution >= 4 is 17.4 Å². The van der Waals surface area contributed by atoms with Crippen molar-refractivity contribution in [3.05, 3.63) is 70.8 Å². The van der Waals surface area contributed by atoms with Crippen molar-refractivity contribution in [2.24, 2.45) is 0 Å². The Hall–Kier alpha value is -3.12. The van der Waals surface area contributed by atoms with Crippen LogP contribution in [0.3, 0.4) is 0 Å². The van der Waals surface area contributed by atoms with E-state index < -0.39 is 17.7 Å². The van der Waals surface area contributed by atoms with Gasteiger partial charge in [0.15, 0.2) is 0 Å². The first kappa shape index (κ1) is 23.5. The van der Waals surface area contributed by atoms with Crippen LogP contribution in [0.1, 0.15) is 43.5 Å². The minimum atomic E-state index is -0.674. The van der Waals surface area contributed by atoms with Crippen LogP contribution in [-0.4, -0.2) is 59.4 Å². The van der Waals surface area contributed by atoms with Crippen molar-refractivity contribution in [1.29, 1.82) is 0 Å². The number of Topliss-reactive ketones (excluding diaryl/α,β-unsaturated/α-hetero) is 1. The van der Waals surface area contributed by atoms with Crippen LogP contribution in [0, 0.1) is 6.92 Å². The van der Waals surface area contributed by atoms with Crippen molar-refractivity contribution < 1.29 is 19.4 Å². The number of aliphatic hydroxyl groups is 1. The summed E-state index contributed by atoms with van der Waals surface area (Å²) in [5.74, 6) is -0.734. The molecule has 0 saturated carbocycles. The van der Waals surface area contributed by atoms with Gasteiger partial charge in [-0.1, -0.05) is 55.8 Å². The molecule has 1 aliphatic rings. The average molecular weight is 437 g/mol. The third kappa shape index (κ3) is 4.86. The Labute approximate surface area is 190 Å². The average Bonchev–Trinajstić information content (AvgIpc) is 3.05. The molecule has 1 heterocycles. The number of ketones is 1. The molecule has 3 rings (SSSR count). The SMILES string of the molecule is CCOc1cccc(C2/C(=C(\O)c3ccc(C)cc3)C(=O)C(=O)N2CCN(CC)CC)c1. The lowest BCUT2D eigenvalue weighted by molar-refractivity contribution is -0.140. The van der Waals surface area contributed by atoms with Crippen molar-refractivity contribution in [2.45, 2.75) is 33.7 Å². The molecule has 6 heteroatoms. The van der Waals surface area contributed by atoms with Crippen LogP contribution in [0.25, 0.3) is 5.76 Å². The minimum Gasteiger partial charge on any atom is -0.507 e. The maximum absolute atomic E-state index is 13.1. The Bertz CT molecular complexity index is 993. The fourth-order valence-electron chi connectivity index (χ4n) is 4.05. The molecule has 0 bridgehead atoms. The first-order valence-corrected chi connectivity index (χ1v) is 11.2. The van der Waals surface area contributed by atoms with Gasteiger partial charge in [-0.05, 0) is 44.6 Å². The van der Waals surface area contributed by atoms with E-state index in [0.717, 1.165) is 24.2 Å². The number of benzene rings is 2. The molecule has 170 valence electrons. The molecule has 2 aromatic rings. The molecule has 1 N–H and O–H groups in total. The summed E-state index contributed by atoms with van der Waals surface area (Å²) < 4.78 is 5.65. The maximum Gasteiger partial charge on any atom is 0.295 e. The number of likely N-dealkylation sites (tertiary alicyclic amines) is 1. The largest absolute Gasteiger partial charge is 0.507 e. The summed E-state index contributed by atoms with van der Waals surface area (Å²) in [5.41, 5.74) is 2.42. The number of hydrogen-bond donors (Lipinski definition) is 1. The first-order chi connectivity index (χ1) is 15.4. The van der Waals surface area contributed by atoms with E-state index in [4.69, 9.17) is 4.74 Å². The van der Waals surface area contributed by atoms with E-state index >= 15 is 0 Å². The minimum absolute atomic E-state index is 0.118. The van der Waals surface area contributed by atoms with E-state index in [1.54, 1.807) is 17.0 Å². The fraction of sp³-hybridized carbons (Fsp3) is 0.385. The van der Waals surface area contributed by atoms with E-state index in [1.807, 2.05) is 50.2 Å². The fourth-order valence-corrected chi connectivity index (χ4v) is 4.05. The number of likely N-dealkylation sites (N-methyl/N-ethyl adjacent to an activating group) is 1. The molecule has 1 aliphatic heterocycles. The number of carbonyl (C=O) groups is 2. The maximum atomic E-state index is 13.1. The Kier molecular flexibility index (Phi) is 7.70. The first-order valence-electron chi connectivity index (χ1n) is 11.2. The number of carbonyl (C=O) groups excluding carboxylic acids is 2. The number of amides is 1. The predicted molar refractivity (Wildman–Crippen MR) is 126 cm³/mol. The lowest BCUT2D eigenvalue weighted by atomic mass is 9.95. The Balaban J connectivity index is 2.10. The van der Waals surface area contributed by atoms with Crippen LogP contribution in [-0.2, 0) is 9.59 Å². The van der Waals surface area contributed by atoms with Gasteiger partial charge >= 0.3 is 0 Å². The molecule has 0 aromatic heterocycles. The van der Waals surface area contributed by atoms with Gasteiger partial charge in [0.25, 0.3) is 11.7 Å². The summed E-state index contributed by atoms with van der Waals surface area (Å²) in [6, 6.07) is 14.0. The molecule has 6 nitrogen and oxygen atoms in total. The van der Waals surface area contributed by atoms with Crippen LogP contribution in [0.2, 0.25) is 0 Å². The summed E-state index contributed by atoms with van der Waals surface area (Å²) in [6.07, 6.45) is 0. The molecule has 0 spiro atoms. The van der Waals surface area contributed by atoms with E-state index in [0.29, 0.717) is 31.0 Å². The molecular weight excluding hydrogens is 404 g/mol. The van der Waals surface area contributed by atoms with Gasteiger partial charge in [-0.15, -0.1) is 0 Å². The van der Waals surface area contributed by atoms with Crippen LogP contribution in [0.5, 0.6) is 5.75 Å². The number of ether oxygens (including phenoxy) is 1. The summed E-state index contributed by atoms with van der Waals surface area (Å²) >= 11 is 0. The summed E-state index contributed by atoms with van der Waals surface area (Å²) in [7, 11) is 0. The summed E-state index contributed by atoms with van der Waals surface area (Å²) in [5, 5.41) is 11.1. The number of hydrogen-bond acceptors (Lipinski definition) is 5. The molecular formula is C26H32N2O4. The molecule has 0 aliphatic carbocycles. The van der Waals surface area contributed by atoms with E-state index in [-0.39, 0.29) is 11.3 Å². The highest BCUT2D eigenvalue weighted by atomic mass is 16.5. The molecule has 1 fully saturated rings. The second-order valence-corrected chi connectivity index (χ2v) is 7.89. The van der Waals surface area contributed by atoms with Crippen LogP contribution < -0.4 is 4.74 Å². The van der Waals surface area contributed by atoms with Crippen molar-refractivity contribution in [1.82, 2.24) is 9.80 Å². The van der Waals surface area contributed by atoms with Gasteiger partial charge in [0, 0.05) is 18.7 Å². The predicted octanol–water partition coefficient (Wildman–Crippen LogP) is 4.16. The normalized spacial score (nSPS) is 17.9. The Morgan fingerprint density at radius 3 is 2.38 bits per heavy atom. The lowest BCUT2D eigenvalue weighted by Crippen LogP contribution is -2.38. The van der Waals surface area contributed by atoms with E-state index in [9.17, 15) is 14.7 Å². The summed E-state index contributed by atoms with van der Waals surface area (Å²) in [6.45, 7) is 11.2. The number of nitrogens with zero attached hydrogens (tertiary/aromatic N) is 2. The van der Waals surface area contributed by atoms with Gasteiger partial charge < -0.3 is 19.6 Å². The Morgan fingerprint density at radius 2 is 1.75 bits per heavy atom. The van der Waals surface area contributed by atoms with Gasteiger partial charge in [0.1, 0.15) is 11.5 Å². The molecule has 1 atom stereocenters. The molecule has 32 heavy (non-hydrogen) atoms. The molecule has 1 saturated heterocycles. The Morgan fingerprint density at radius 1 is 1.06 bits per heavy atom. The lowest BCUT2D eigenvalue weighted by Gasteiger charge is -2.28. The number of aliphatic hydroxyl groups excluding tert-OH is 1. The van der Waals surface area contributed by atoms with Gasteiger partial charge in [-0.3, -0.25) is 9.59 Å². The third-order valence-corrected chi connectivity index (χ3v) is 5.90. The van der Waals surface area contributed by atoms with E-state index in [1.165, 1.54) is 0 Å². The zero-order valence-electron chi connectivity index (χ0n) is 19.3. The molecule has 0 radical (unpaired) electrons. The van der Waals surface area contributed by atoms with E-state index in [2.05, 4.69) is 18.7 Å². The molecule has 1 unspecified atom stereocenters. The van der Waals surface area contributed by atoms with Crippen molar-refractivity contribution in [3.8, 4) is 5.75 Å². The van der Waals surface area contributed by atoms with Crippen molar-refractivity contribution in [2.75, 3.05) is 32.8 Å². The highest BCUT2D eigenvalue weighted by Gasteiger charge is 2.46. The third-order valence-electron chi connectivity index (χ3n) is 5.90. The zero-order chi connectivity index (χ0) is 23.3. The van der Waals surface area contributed by atoms with Gasteiger partial charge in [-0.2, -0.15) is 0 Å². The smallest absolute Gasteiger partial charge is 0.295 e. The molecule has 1 amide bonds. The van der Waals surface area contributed by atoms with Crippen LogP contribution in [0.15, 0.2) is 54.1 Å². The second kappa shape index (κ2) is 10.5.